The zero-order valence-electron chi connectivity index (χ0n) is 12.1. The molecule has 1 heterocycles. The summed E-state index contributed by atoms with van der Waals surface area (Å²) in [4.78, 5) is 4.22. The van der Waals surface area contributed by atoms with Gasteiger partial charge in [0.05, 0.1) is 0 Å². The van der Waals surface area contributed by atoms with Gasteiger partial charge in [0.15, 0.2) is 0 Å². The molecule has 7 heteroatoms. The highest BCUT2D eigenvalue weighted by atomic mass is 35.5. The van der Waals surface area contributed by atoms with Gasteiger partial charge in [0.2, 0.25) is 6.39 Å². The van der Waals surface area contributed by atoms with Crippen molar-refractivity contribution in [2.45, 2.75) is 0 Å². The fourth-order valence-electron chi connectivity index (χ4n) is 2.32. The van der Waals surface area contributed by atoms with E-state index in [1.54, 1.807) is 19.2 Å². The summed E-state index contributed by atoms with van der Waals surface area (Å²) in [6, 6.07) is 10.9. The quantitative estimate of drug-likeness (QED) is 0.572. The lowest BCUT2D eigenvalue weighted by Gasteiger charge is -2.12. The summed E-state index contributed by atoms with van der Waals surface area (Å²) in [6.07, 6.45) is 1.25. The van der Waals surface area contributed by atoms with E-state index in [4.69, 9.17) is 33.4 Å². The molecular formula is C16H12Cl2N4O. The largest absolute Gasteiger partial charge is 0.422 e. The van der Waals surface area contributed by atoms with Crippen molar-refractivity contribution in [2.24, 2.45) is 4.99 Å². The van der Waals surface area contributed by atoms with E-state index in [2.05, 4.69) is 15.2 Å². The van der Waals surface area contributed by atoms with Crippen LogP contribution in [-0.4, -0.2) is 23.0 Å². The van der Waals surface area contributed by atoms with Crippen molar-refractivity contribution in [3.63, 3.8) is 0 Å². The minimum atomic E-state index is 0.304. The predicted octanol–water partition coefficient (Wildman–Crippen LogP) is 4.09. The van der Waals surface area contributed by atoms with Crippen LogP contribution in [0.5, 0.6) is 0 Å². The molecule has 0 aliphatic rings. The highest BCUT2D eigenvalue weighted by Gasteiger charge is 2.18. The molecule has 0 spiro atoms. The van der Waals surface area contributed by atoms with Crippen LogP contribution in [0.1, 0.15) is 11.5 Å². The van der Waals surface area contributed by atoms with E-state index in [0.29, 0.717) is 32.9 Å². The Labute approximate surface area is 142 Å². The van der Waals surface area contributed by atoms with Gasteiger partial charge in [0.1, 0.15) is 5.71 Å². The highest BCUT2D eigenvalue weighted by molar-refractivity contribution is 6.36. The summed E-state index contributed by atoms with van der Waals surface area (Å²) < 4.78 is 5.23. The van der Waals surface area contributed by atoms with Crippen LogP contribution < -0.4 is 5.73 Å². The second kappa shape index (κ2) is 6.40. The van der Waals surface area contributed by atoms with E-state index in [0.717, 1.165) is 11.1 Å². The van der Waals surface area contributed by atoms with Crippen molar-refractivity contribution in [1.82, 2.24) is 10.2 Å². The Morgan fingerprint density at radius 1 is 1.17 bits per heavy atom. The van der Waals surface area contributed by atoms with E-state index < -0.39 is 0 Å². The van der Waals surface area contributed by atoms with Gasteiger partial charge in [-0.3, -0.25) is 4.99 Å². The third kappa shape index (κ3) is 2.93. The maximum Gasteiger partial charge on any atom is 0.266 e. The molecule has 0 aliphatic carbocycles. The molecule has 23 heavy (non-hydrogen) atoms. The Bertz CT molecular complexity index is 876. The number of benzene rings is 2. The summed E-state index contributed by atoms with van der Waals surface area (Å²) in [7, 11) is 1.64. The first-order valence-electron chi connectivity index (χ1n) is 6.69. The molecule has 3 rings (SSSR count). The van der Waals surface area contributed by atoms with Crippen molar-refractivity contribution in [1.29, 1.82) is 0 Å². The van der Waals surface area contributed by atoms with Gasteiger partial charge in [0.25, 0.3) is 5.89 Å². The molecule has 0 amide bonds. The van der Waals surface area contributed by atoms with Gasteiger partial charge in [-0.15, -0.1) is 10.2 Å². The average molecular weight is 347 g/mol. The van der Waals surface area contributed by atoms with E-state index >= 15 is 0 Å². The predicted molar refractivity (Wildman–Crippen MR) is 92.2 cm³/mol. The maximum absolute atomic E-state index is 6.34. The van der Waals surface area contributed by atoms with Crippen molar-refractivity contribution >= 4 is 34.6 Å². The fraction of sp³-hybridized carbons (Fsp3) is 0.0625. The van der Waals surface area contributed by atoms with E-state index in [-0.39, 0.29) is 0 Å². The summed E-state index contributed by atoms with van der Waals surface area (Å²) in [5.74, 6) is 0.304. The number of aromatic nitrogens is 2. The molecule has 2 aromatic carbocycles. The second-order valence-electron chi connectivity index (χ2n) is 4.71. The first-order chi connectivity index (χ1) is 11.1. The molecule has 0 saturated heterocycles. The fourth-order valence-corrected chi connectivity index (χ4v) is 2.83. The number of hydrogen-bond acceptors (Lipinski definition) is 5. The topological polar surface area (TPSA) is 77.3 Å². The number of para-hydroxylation sites is 1. The van der Waals surface area contributed by atoms with Crippen molar-refractivity contribution in [2.75, 3.05) is 12.8 Å². The number of aliphatic imine (C=N–C) groups is 1. The number of anilines is 1. The van der Waals surface area contributed by atoms with Gasteiger partial charge in [-0.1, -0.05) is 47.5 Å². The minimum Gasteiger partial charge on any atom is -0.422 e. The third-order valence-electron chi connectivity index (χ3n) is 3.37. The maximum atomic E-state index is 6.34. The minimum absolute atomic E-state index is 0.304. The molecule has 0 unspecified atom stereocenters. The van der Waals surface area contributed by atoms with Crippen molar-refractivity contribution in [3.8, 4) is 11.1 Å². The lowest BCUT2D eigenvalue weighted by Crippen LogP contribution is -2.08. The number of rotatable bonds is 3. The first kappa shape index (κ1) is 15.5. The summed E-state index contributed by atoms with van der Waals surface area (Å²) in [5, 5.41) is 8.65. The molecule has 0 atom stereocenters. The number of nitrogens with zero attached hydrogens (tertiary/aromatic N) is 3. The Hall–Kier alpha value is -2.37. The van der Waals surface area contributed by atoms with Crippen LogP contribution in [0.3, 0.4) is 0 Å². The number of hydrogen-bond donors (Lipinski definition) is 1. The summed E-state index contributed by atoms with van der Waals surface area (Å²) >= 11 is 12.2. The van der Waals surface area contributed by atoms with Crippen molar-refractivity contribution < 1.29 is 4.42 Å². The zero-order chi connectivity index (χ0) is 16.4. The SMILES string of the molecule is CN=C(c1nnco1)c1cccc(-c2ccc(Cl)cc2Cl)c1N. The molecule has 0 aliphatic heterocycles. The van der Waals surface area contributed by atoms with Crippen LogP contribution in [0.25, 0.3) is 11.1 Å². The monoisotopic (exact) mass is 346 g/mol. The van der Waals surface area contributed by atoms with Crippen molar-refractivity contribution in [3.05, 3.63) is 64.3 Å². The Balaban J connectivity index is 2.16. The Morgan fingerprint density at radius 3 is 2.65 bits per heavy atom. The number of halogens is 2. The van der Waals surface area contributed by atoms with Gasteiger partial charge < -0.3 is 10.2 Å². The normalized spacial score (nSPS) is 11.7. The van der Waals surface area contributed by atoms with Crippen LogP contribution >= 0.6 is 23.2 Å². The summed E-state index contributed by atoms with van der Waals surface area (Å²) in [5.41, 5.74) is 9.65. The smallest absolute Gasteiger partial charge is 0.266 e. The van der Waals surface area contributed by atoms with Crippen LogP contribution in [0.4, 0.5) is 5.69 Å². The Kier molecular flexibility index (Phi) is 4.32. The zero-order valence-corrected chi connectivity index (χ0v) is 13.6. The van der Waals surface area contributed by atoms with Crippen LogP contribution in [0.15, 0.2) is 52.2 Å². The van der Waals surface area contributed by atoms with E-state index in [1.165, 1.54) is 6.39 Å². The number of nitrogen functional groups attached to an aromatic ring is 1. The summed E-state index contributed by atoms with van der Waals surface area (Å²) in [6.45, 7) is 0. The van der Waals surface area contributed by atoms with Gasteiger partial charge in [0, 0.05) is 39.5 Å². The lowest BCUT2D eigenvalue weighted by molar-refractivity contribution is 0.543. The lowest BCUT2D eigenvalue weighted by atomic mass is 9.98. The molecule has 1 aromatic heterocycles. The first-order valence-corrected chi connectivity index (χ1v) is 7.45. The Morgan fingerprint density at radius 2 is 2.00 bits per heavy atom. The molecular weight excluding hydrogens is 335 g/mol. The molecule has 0 saturated carbocycles. The van der Waals surface area contributed by atoms with E-state index in [9.17, 15) is 0 Å². The second-order valence-corrected chi connectivity index (χ2v) is 5.55. The molecule has 0 fully saturated rings. The van der Waals surface area contributed by atoms with Gasteiger partial charge in [-0.25, -0.2) is 0 Å². The third-order valence-corrected chi connectivity index (χ3v) is 3.92. The molecule has 5 nitrogen and oxygen atoms in total. The van der Waals surface area contributed by atoms with Crippen LogP contribution in [0, 0.1) is 0 Å². The van der Waals surface area contributed by atoms with Crippen LogP contribution in [-0.2, 0) is 0 Å². The molecule has 0 radical (unpaired) electrons. The van der Waals surface area contributed by atoms with Gasteiger partial charge >= 0.3 is 0 Å². The molecule has 0 bridgehead atoms. The number of nitrogens with two attached hydrogens (primary N) is 1. The molecule has 2 N–H and O–H groups in total. The molecule has 3 aromatic rings. The molecule has 116 valence electrons. The highest BCUT2D eigenvalue weighted by Crippen LogP contribution is 2.35. The standard InChI is InChI=1S/C16H12Cl2N4O/c1-20-15(16-22-21-8-23-16)12-4-2-3-11(14(12)19)10-6-5-9(17)7-13(10)18/h2-8H,19H2,1H3. The van der Waals surface area contributed by atoms with Gasteiger partial charge in [-0.05, 0) is 12.1 Å². The van der Waals surface area contributed by atoms with Crippen LogP contribution in [0.2, 0.25) is 10.0 Å². The van der Waals surface area contributed by atoms with E-state index in [1.807, 2.05) is 24.3 Å². The van der Waals surface area contributed by atoms with Gasteiger partial charge in [-0.2, -0.15) is 0 Å². The average Bonchev–Trinajstić information content (AvgIpc) is 3.04.